The molecular weight excluding hydrogens is 216 g/mol. The fourth-order valence-electron chi connectivity index (χ4n) is 1.50. The third kappa shape index (κ3) is 3.98. The molecule has 0 radical (unpaired) electrons. The molecule has 1 aromatic rings. The number of carboxylic acids is 1. The summed E-state index contributed by atoms with van der Waals surface area (Å²) in [5, 5.41) is 17.7. The van der Waals surface area contributed by atoms with Crippen LogP contribution >= 0.6 is 0 Å². The number of nitriles is 1. The molecule has 86 valence electrons. The van der Waals surface area contributed by atoms with Crippen molar-refractivity contribution in [2.75, 3.05) is 13.1 Å². The number of terminal acetylenes is 1. The molecule has 1 aromatic carbocycles. The van der Waals surface area contributed by atoms with E-state index in [1.807, 2.05) is 6.07 Å². The first-order valence-corrected chi connectivity index (χ1v) is 5.03. The highest BCUT2D eigenvalue weighted by Gasteiger charge is 2.11. The van der Waals surface area contributed by atoms with Crippen molar-refractivity contribution in [1.82, 2.24) is 4.90 Å². The van der Waals surface area contributed by atoms with Crippen LogP contribution in [0.25, 0.3) is 0 Å². The maximum atomic E-state index is 10.7. The number of benzene rings is 1. The van der Waals surface area contributed by atoms with Crippen LogP contribution in [-0.2, 0) is 11.3 Å². The normalized spacial score (nSPS) is 9.59. The lowest BCUT2D eigenvalue weighted by Crippen LogP contribution is -2.30. The molecule has 0 aliphatic carbocycles. The molecule has 0 aromatic heterocycles. The first-order valence-electron chi connectivity index (χ1n) is 5.03. The van der Waals surface area contributed by atoms with Crippen molar-refractivity contribution >= 4 is 5.97 Å². The maximum Gasteiger partial charge on any atom is 0.317 e. The fourth-order valence-corrected chi connectivity index (χ4v) is 1.50. The van der Waals surface area contributed by atoms with Gasteiger partial charge in [-0.05, 0) is 11.6 Å². The zero-order valence-electron chi connectivity index (χ0n) is 9.26. The second-order valence-corrected chi connectivity index (χ2v) is 3.51. The van der Waals surface area contributed by atoms with Gasteiger partial charge in [-0.3, -0.25) is 9.69 Å². The first-order chi connectivity index (χ1) is 8.17. The van der Waals surface area contributed by atoms with Gasteiger partial charge in [-0.15, -0.1) is 6.42 Å². The first kappa shape index (κ1) is 12.8. The molecule has 0 atom stereocenters. The summed E-state index contributed by atoms with van der Waals surface area (Å²) < 4.78 is 0. The van der Waals surface area contributed by atoms with Crippen LogP contribution in [0.3, 0.4) is 0 Å². The molecule has 0 unspecified atom stereocenters. The Morgan fingerprint density at radius 1 is 1.47 bits per heavy atom. The van der Waals surface area contributed by atoms with Crippen LogP contribution in [0.2, 0.25) is 0 Å². The van der Waals surface area contributed by atoms with E-state index in [1.54, 1.807) is 23.1 Å². The second kappa shape index (κ2) is 6.32. The van der Waals surface area contributed by atoms with Crippen LogP contribution in [-0.4, -0.2) is 29.1 Å². The minimum Gasteiger partial charge on any atom is -0.480 e. The molecular formula is C13H12N2O2. The molecule has 0 saturated carbocycles. The summed E-state index contributed by atoms with van der Waals surface area (Å²) in [5.41, 5.74) is 1.33. The summed E-state index contributed by atoms with van der Waals surface area (Å²) in [6.07, 6.45) is 5.18. The van der Waals surface area contributed by atoms with Gasteiger partial charge in [0.25, 0.3) is 0 Å². The molecule has 0 aliphatic rings. The third-order valence-corrected chi connectivity index (χ3v) is 2.21. The number of rotatable bonds is 5. The molecule has 0 bridgehead atoms. The van der Waals surface area contributed by atoms with Crippen LogP contribution in [0.15, 0.2) is 24.3 Å². The second-order valence-electron chi connectivity index (χ2n) is 3.51. The van der Waals surface area contributed by atoms with Gasteiger partial charge in [-0.2, -0.15) is 5.26 Å². The molecule has 0 amide bonds. The van der Waals surface area contributed by atoms with Crippen molar-refractivity contribution in [3.63, 3.8) is 0 Å². The van der Waals surface area contributed by atoms with Crippen LogP contribution in [0.1, 0.15) is 11.1 Å². The number of carbonyl (C=O) groups is 1. The summed E-state index contributed by atoms with van der Waals surface area (Å²) >= 11 is 0. The van der Waals surface area contributed by atoms with Crippen molar-refractivity contribution < 1.29 is 9.90 Å². The van der Waals surface area contributed by atoms with Gasteiger partial charge < -0.3 is 5.11 Å². The average molecular weight is 228 g/mol. The van der Waals surface area contributed by atoms with Gasteiger partial charge in [0, 0.05) is 6.54 Å². The van der Waals surface area contributed by atoms with Crippen molar-refractivity contribution in [1.29, 1.82) is 5.26 Å². The standard InChI is InChI=1S/C13H12N2O2/c1-2-7-15(10-13(16)17)9-12-6-4-3-5-11(12)8-14/h1,3-6H,7,9-10H2,(H,16,17). The van der Waals surface area contributed by atoms with Crippen LogP contribution in [0, 0.1) is 23.7 Å². The van der Waals surface area contributed by atoms with Crippen LogP contribution < -0.4 is 0 Å². The largest absolute Gasteiger partial charge is 0.480 e. The lowest BCUT2D eigenvalue weighted by atomic mass is 10.1. The van der Waals surface area contributed by atoms with Gasteiger partial charge in [0.1, 0.15) is 0 Å². The quantitative estimate of drug-likeness (QED) is 0.766. The van der Waals surface area contributed by atoms with Gasteiger partial charge in [-0.25, -0.2) is 0 Å². The minimum absolute atomic E-state index is 0.135. The topological polar surface area (TPSA) is 64.3 Å². The van der Waals surface area contributed by atoms with Crippen molar-refractivity contribution in [2.45, 2.75) is 6.54 Å². The molecule has 0 aliphatic heterocycles. The summed E-state index contributed by atoms with van der Waals surface area (Å²) in [7, 11) is 0. The van der Waals surface area contributed by atoms with Gasteiger partial charge in [-0.1, -0.05) is 24.1 Å². The van der Waals surface area contributed by atoms with E-state index in [9.17, 15) is 4.79 Å². The van der Waals surface area contributed by atoms with E-state index in [0.29, 0.717) is 12.1 Å². The Hall–Kier alpha value is -2.30. The lowest BCUT2D eigenvalue weighted by Gasteiger charge is -2.17. The average Bonchev–Trinajstić information content (AvgIpc) is 2.29. The molecule has 0 heterocycles. The molecule has 1 rings (SSSR count). The maximum absolute atomic E-state index is 10.7. The Bertz CT molecular complexity index is 483. The molecule has 4 heteroatoms. The van der Waals surface area contributed by atoms with Crippen molar-refractivity contribution in [3.05, 3.63) is 35.4 Å². The highest BCUT2D eigenvalue weighted by Crippen LogP contribution is 2.10. The highest BCUT2D eigenvalue weighted by molar-refractivity contribution is 5.69. The number of carboxylic acid groups (broad SMARTS) is 1. The van der Waals surface area contributed by atoms with Gasteiger partial charge >= 0.3 is 5.97 Å². The van der Waals surface area contributed by atoms with Crippen LogP contribution in [0.4, 0.5) is 0 Å². The fraction of sp³-hybridized carbons (Fsp3) is 0.231. The van der Waals surface area contributed by atoms with Crippen molar-refractivity contribution in [2.24, 2.45) is 0 Å². The Labute approximate surface area is 100 Å². The highest BCUT2D eigenvalue weighted by atomic mass is 16.4. The summed E-state index contributed by atoms with van der Waals surface area (Å²) in [6.45, 7) is 0.469. The SMILES string of the molecule is C#CCN(CC(=O)O)Cc1ccccc1C#N. The summed E-state index contributed by atoms with van der Waals surface area (Å²) in [4.78, 5) is 12.2. The Morgan fingerprint density at radius 2 is 2.18 bits per heavy atom. The Kier molecular flexibility index (Phi) is 4.75. The van der Waals surface area contributed by atoms with Gasteiger partial charge in [0.2, 0.25) is 0 Å². The van der Waals surface area contributed by atoms with E-state index in [2.05, 4.69) is 12.0 Å². The van der Waals surface area contributed by atoms with E-state index in [0.717, 1.165) is 5.56 Å². The monoisotopic (exact) mass is 228 g/mol. The molecule has 1 N–H and O–H groups in total. The van der Waals surface area contributed by atoms with E-state index in [1.165, 1.54) is 0 Å². The number of aliphatic carboxylic acids is 1. The number of hydrogen-bond donors (Lipinski definition) is 1. The molecule has 0 saturated heterocycles. The molecule has 17 heavy (non-hydrogen) atoms. The molecule has 4 nitrogen and oxygen atoms in total. The molecule has 0 fully saturated rings. The molecule has 0 spiro atoms. The third-order valence-electron chi connectivity index (χ3n) is 2.21. The van der Waals surface area contributed by atoms with E-state index >= 15 is 0 Å². The Morgan fingerprint density at radius 3 is 2.76 bits per heavy atom. The van der Waals surface area contributed by atoms with Crippen LogP contribution in [0.5, 0.6) is 0 Å². The smallest absolute Gasteiger partial charge is 0.317 e. The Balaban J connectivity index is 2.83. The predicted octanol–water partition coefficient (Wildman–Crippen LogP) is 1.08. The van der Waals surface area contributed by atoms with Crippen molar-refractivity contribution in [3.8, 4) is 18.4 Å². The van der Waals surface area contributed by atoms with E-state index < -0.39 is 5.97 Å². The summed E-state index contributed by atoms with van der Waals surface area (Å²) in [6, 6.07) is 9.14. The van der Waals surface area contributed by atoms with E-state index in [4.69, 9.17) is 16.8 Å². The zero-order chi connectivity index (χ0) is 12.7. The predicted molar refractivity (Wildman–Crippen MR) is 62.9 cm³/mol. The zero-order valence-corrected chi connectivity index (χ0v) is 9.26. The summed E-state index contributed by atoms with van der Waals surface area (Å²) in [5.74, 6) is 1.48. The lowest BCUT2D eigenvalue weighted by molar-refractivity contribution is -0.138. The number of nitrogens with zero attached hydrogens (tertiary/aromatic N) is 2. The van der Waals surface area contributed by atoms with Gasteiger partial charge in [0.05, 0.1) is 24.7 Å². The minimum atomic E-state index is -0.935. The van der Waals surface area contributed by atoms with Gasteiger partial charge in [0.15, 0.2) is 0 Å². The van der Waals surface area contributed by atoms with E-state index in [-0.39, 0.29) is 13.1 Å². The number of hydrogen-bond acceptors (Lipinski definition) is 3.